The number of amides is 11. The van der Waals surface area contributed by atoms with Gasteiger partial charge in [0, 0.05) is 25.0 Å². The summed E-state index contributed by atoms with van der Waals surface area (Å²) in [5.74, 6) is -9.13. The third-order valence-electron chi connectivity index (χ3n) is 10.2. The van der Waals surface area contributed by atoms with E-state index in [1.165, 1.54) is 7.11 Å². The van der Waals surface area contributed by atoms with E-state index in [9.17, 15) is 52.7 Å². The monoisotopic (exact) mass is 947 g/mol. The molecule has 0 aliphatic carbocycles. The van der Waals surface area contributed by atoms with Gasteiger partial charge < -0.3 is 64.5 Å². The smallest absolute Gasteiger partial charge is 0.243 e. The summed E-state index contributed by atoms with van der Waals surface area (Å²) in [5, 5.41) is 20.1. The molecule has 0 saturated carbocycles. The van der Waals surface area contributed by atoms with Crippen LogP contribution >= 0.6 is 11.8 Å². The molecule has 0 aromatic heterocycles. The maximum atomic E-state index is 14.0. The molecular formula is C42H65N11O12S. The molecule has 1 fully saturated rings. The molecule has 23 nitrogen and oxygen atoms in total. The van der Waals surface area contributed by atoms with E-state index in [0.717, 1.165) is 11.8 Å². The first-order chi connectivity index (χ1) is 31.1. The summed E-state index contributed by atoms with van der Waals surface area (Å²) >= 11 is 1.14. The van der Waals surface area contributed by atoms with E-state index in [-0.39, 0.29) is 49.5 Å². The zero-order chi connectivity index (χ0) is 49.5. The van der Waals surface area contributed by atoms with Crippen LogP contribution in [0.5, 0.6) is 5.75 Å². The lowest BCUT2D eigenvalue weighted by atomic mass is 9.96. The highest BCUT2D eigenvalue weighted by molar-refractivity contribution is 7.99. The van der Waals surface area contributed by atoms with Gasteiger partial charge in [-0.3, -0.25) is 52.7 Å². The fourth-order valence-electron chi connectivity index (χ4n) is 6.46. The van der Waals surface area contributed by atoms with Crippen molar-refractivity contribution in [3.05, 3.63) is 29.8 Å². The molecule has 11 amide bonds. The molecule has 1 saturated heterocycles. The summed E-state index contributed by atoms with van der Waals surface area (Å²) in [6, 6.07) is -1.43. The lowest BCUT2D eigenvalue weighted by molar-refractivity contribution is -0.136. The van der Waals surface area contributed by atoms with Crippen LogP contribution in [0.4, 0.5) is 0 Å². The molecule has 0 unspecified atom stereocenters. The minimum absolute atomic E-state index is 0.0193. The van der Waals surface area contributed by atoms with Crippen LogP contribution < -0.4 is 64.5 Å². The fourth-order valence-corrected chi connectivity index (χ4v) is 7.44. The van der Waals surface area contributed by atoms with Crippen molar-refractivity contribution in [3.63, 3.8) is 0 Å². The summed E-state index contributed by atoms with van der Waals surface area (Å²) < 4.78 is 5.23. The Morgan fingerprint density at radius 2 is 1.41 bits per heavy atom. The number of carbonyl (C=O) groups excluding carboxylic acids is 11. The summed E-state index contributed by atoms with van der Waals surface area (Å²) in [5.41, 5.74) is 16.6. The van der Waals surface area contributed by atoms with E-state index < -0.39 is 133 Å². The average Bonchev–Trinajstić information content (AvgIpc) is 3.25. The molecule has 66 heavy (non-hydrogen) atoms. The zero-order valence-corrected chi connectivity index (χ0v) is 38.8. The number of hydrogen-bond acceptors (Lipinski definition) is 13. The van der Waals surface area contributed by atoms with Gasteiger partial charge in [0.1, 0.15) is 42.0 Å². The van der Waals surface area contributed by atoms with Crippen molar-refractivity contribution >= 4 is 76.7 Å². The molecule has 2 rings (SSSR count). The van der Waals surface area contributed by atoms with Gasteiger partial charge in [-0.25, -0.2) is 0 Å². The molecule has 366 valence electrons. The maximum Gasteiger partial charge on any atom is 0.243 e. The fraction of sp³-hybridized carbons (Fsp3) is 0.595. The van der Waals surface area contributed by atoms with Gasteiger partial charge in [-0.15, -0.1) is 0 Å². The van der Waals surface area contributed by atoms with Crippen LogP contribution in [0.15, 0.2) is 24.3 Å². The zero-order valence-electron chi connectivity index (χ0n) is 38.0. The Labute approximate surface area is 387 Å². The first kappa shape index (κ1) is 55.7. The predicted octanol–water partition coefficient (Wildman–Crippen LogP) is -3.38. The summed E-state index contributed by atoms with van der Waals surface area (Å²) in [7, 11) is 1.50. The van der Waals surface area contributed by atoms with Gasteiger partial charge in [0.2, 0.25) is 65.0 Å². The van der Waals surface area contributed by atoms with Gasteiger partial charge in [-0.1, -0.05) is 46.2 Å². The third-order valence-corrected chi connectivity index (χ3v) is 11.4. The van der Waals surface area contributed by atoms with Crippen LogP contribution in [0.2, 0.25) is 0 Å². The predicted molar refractivity (Wildman–Crippen MR) is 241 cm³/mol. The number of methoxy groups -OCH3 is 1. The van der Waals surface area contributed by atoms with Crippen LogP contribution in [0.3, 0.4) is 0 Å². The normalized spacial score (nSPS) is 21.2. The second-order valence-corrected chi connectivity index (χ2v) is 17.4. The molecular weight excluding hydrogens is 883 g/mol. The second kappa shape index (κ2) is 28.4. The minimum Gasteiger partial charge on any atom is -0.497 e. The Balaban J connectivity index is 2.51. The molecule has 0 spiro atoms. The number of primary amides is 3. The van der Waals surface area contributed by atoms with Crippen molar-refractivity contribution in [2.24, 2.45) is 29.0 Å². The van der Waals surface area contributed by atoms with Gasteiger partial charge in [0.05, 0.1) is 26.6 Å². The number of hydrogen-bond donors (Lipinski definition) is 11. The van der Waals surface area contributed by atoms with Crippen molar-refractivity contribution < 1.29 is 57.5 Å². The van der Waals surface area contributed by atoms with Gasteiger partial charge >= 0.3 is 0 Å². The van der Waals surface area contributed by atoms with Crippen molar-refractivity contribution in [1.82, 2.24) is 42.5 Å². The van der Waals surface area contributed by atoms with Crippen molar-refractivity contribution in [1.29, 1.82) is 0 Å². The Morgan fingerprint density at radius 1 is 0.773 bits per heavy atom. The standard InChI is InChI=1S/C42H65N11O12S/c1-6-23(4)36-42(64)50-26(13-14-31(43)54)39(61)51-29(18-32(44)55)40(62)52-30(38(60)47-20-35(58)49-27(16-22(2)3)37(59)46-19-33(45)56)21-66-15-7-8-34(57)48-28(41(63)53-36)17-24-9-11-25(65-5)12-10-24/h9-12,22-23,26-30,36H,6-8,13-21H2,1-5H3,(H2,43,54)(H2,44,55)(H2,45,56)(H,46,59)(H,47,60)(H,48,57)(H,49,58)(H,50,64)(H,51,61)(H,52,62)(H,53,63)/t23-,26-,27-,28-,29-,30-,36-/m0/s1. The number of nitrogens with two attached hydrogens (primary N) is 3. The van der Waals surface area contributed by atoms with Crippen LogP contribution in [-0.2, 0) is 59.2 Å². The lowest BCUT2D eigenvalue weighted by Gasteiger charge is -2.29. The topological polar surface area (TPSA) is 371 Å². The van der Waals surface area contributed by atoms with Gasteiger partial charge in [0.25, 0.3) is 0 Å². The van der Waals surface area contributed by atoms with Crippen LogP contribution in [-0.4, -0.2) is 133 Å². The molecule has 14 N–H and O–H groups in total. The molecule has 1 aliphatic rings. The molecule has 24 heteroatoms. The quantitative estimate of drug-likeness (QED) is 0.0646. The summed E-state index contributed by atoms with van der Waals surface area (Å²) in [6.07, 6.45) is -0.831. The SMILES string of the molecule is CC[C@H](C)[C@@H]1NC(=O)[C@H](Cc2ccc(OC)cc2)NC(=O)CCCSC[C@@H](C(=O)NCC(=O)N[C@@H](CC(C)C)C(=O)NCC(N)=O)NC(=O)[C@H](CC(N)=O)NC(=O)[C@H](CCC(N)=O)NC1=O. The minimum atomic E-state index is -1.72. The lowest BCUT2D eigenvalue weighted by Crippen LogP contribution is -2.61. The number of rotatable bonds is 19. The molecule has 0 bridgehead atoms. The Morgan fingerprint density at radius 3 is 2.00 bits per heavy atom. The highest BCUT2D eigenvalue weighted by atomic mass is 32.2. The number of thioether (sulfide) groups is 1. The van der Waals surface area contributed by atoms with Crippen LogP contribution in [0, 0.1) is 11.8 Å². The Kier molecular flexibility index (Phi) is 24.0. The highest BCUT2D eigenvalue weighted by Crippen LogP contribution is 2.16. The van der Waals surface area contributed by atoms with Gasteiger partial charge in [0.15, 0.2) is 0 Å². The first-order valence-electron chi connectivity index (χ1n) is 21.5. The summed E-state index contributed by atoms with van der Waals surface area (Å²) in [6.45, 7) is 5.90. The average molecular weight is 948 g/mol. The van der Waals surface area contributed by atoms with Crippen LogP contribution in [0.25, 0.3) is 0 Å². The Hall–Kier alpha value is -6.46. The van der Waals surface area contributed by atoms with Gasteiger partial charge in [-0.05, 0) is 54.5 Å². The third kappa shape index (κ3) is 20.6. The van der Waals surface area contributed by atoms with Crippen LogP contribution in [0.1, 0.15) is 78.2 Å². The van der Waals surface area contributed by atoms with Crippen molar-refractivity contribution in [3.8, 4) is 5.75 Å². The molecule has 1 aliphatic heterocycles. The molecule has 0 radical (unpaired) electrons. The second-order valence-electron chi connectivity index (χ2n) is 16.2. The van der Waals surface area contributed by atoms with E-state index in [0.29, 0.717) is 17.7 Å². The number of nitrogens with one attached hydrogen (secondary N) is 8. The number of ether oxygens (including phenoxy) is 1. The van der Waals surface area contributed by atoms with E-state index >= 15 is 0 Å². The van der Waals surface area contributed by atoms with Crippen molar-refractivity contribution in [2.45, 2.75) is 115 Å². The van der Waals surface area contributed by atoms with E-state index in [1.807, 2.05) is 0 Å². The molecule has 1 aromatic rings. The number of carbonyl (C=O) groups is 11. The molecule has 1 aromatic carbocycles. The largest absolute Gasteiger partial charge is 0.497 e. The van der Waals surface area contributed by atoms with Crippen molar-refractivity contribution in [2.75, 3.05) is 31.7 Å². The van der Waals surface area contributed by atoms with Gasteiger partial charge in [-0.2, -0.15) is 11.8 Å². The summed E-state index contributed by atoms with van der Waals surface area (Å²) in [4.78, 5) is 144. The van der Waals surface area contributed by atoms with E-state index in [2.05, 4.69) is 42.5 Å². The van der Waals surface area contributed by atoms with E-state index in [4.69, 9.17) is 21.9 Å². The highest BCUT2D eigenvalue weighted by Gasteiger charge is 2.35. The maximum absolute atomic E-state index is 14.0. The Bertz CT molecular complexity index is 1900. The molecule has 7 atom stereocenters. The first-order valence-corrected chi connectivity index (χ1v) is 22.7. The van der Waals surface area contributed by atoms with E-state index in [1.54, 1.807) is 52.0 Å². The number of benzene rings is 1. The molecule has 1 heterocycles.